The van der Waals surface area contributed by atoms with Gasteiger partial charge in [-0.1, -0.05) is 0 Å². The van der Waals surface area contributed by atoms with E-state index in [0.717, 1.165) is 25.4 Å². The minimum absolute atomic E-state index is 0.366. The number of hydrogen-bond acceptors (Lipinski definition) is 2. The highest BCUT2D eigenvalue weighted by atomic mass is 16.5. The van der Waals surface area contributed by atoms with Crippen molar-refractivity contribution >= 4 is 0 Å². The lowest BCUT2D eigenvalue weighted by atomic mass is 9.98. The quantitative estimate of drug-likeness (QED) is 0.771. The average Bonchev–Trinajstić information content (AvgIpc) is 2.86. The van der Waals surface area contributed by atoms with Crippen molar-refractivity contribution in [1.82, 2.24) is 10.3 Å². The van der Waals surface area contributed by atoms with E-state index in [-0.39, 0.29) is 0 Å². The number of rotatable bonds is 2. The Labute approximate surface area is 90.2 Å². The van der Waals surface area contributed by atoms with Crippen LogP contribution < -0.4 is 10.1 Å². The normalized spacial score (nSPS) is 25.2. The van der Waals surface area contributed by atoms with Crippen molar-refractivity contribution in [3.05, 3.63) is 17.3 Å². The van der Waals surface area contributed by atoms with Crippen LogP contribution in [-0.2, 0) is 12.8 Å². The summed E-state index contributed by atoms with van der Waals surface area (Å²) in [6.45, 7) is 2.08. The van der Waals surface area contributed by atoms with Gasteiger partial charge in [0.25, 0.3) is 0 Å². The van der Waals surface area contributed by atoms with Crippen molar-refractivity contribution in [2.75, 3.05) is 13.1 Å². The maximum Gasteiger partial charge on any atom is 0.191 e. The van der Waals surface area contributed by atoms with Gasteiger partial charge in [0.15, 0.2) is 5.88 Å². The highest BCUT2D eigenvalue weighted by Gasteiger charge is 2.18. The molecule has 1 aromatic heterocycles. The number of aryl methyl sites for hydroxylation is 2. The van der Waals surface area contributed by atoms with Gasteiger partial charge >= 0.3 is 0 Å². The lowest BCUT2D eigenvalue weighted by Crippen LogP contribution is -2.19. The summed E-state index contributed by atoms with van der Waals surface area (Å²) < 4.78 is 5.91. The third kappa shape index (κ3) is 1.88. The Hall–Kier alpha value is -0.960. The Morgan fingerprint density at radius 3 is 3.00 bits per heavy atom. The highest BCUT2D eigenvalue weighted by Crippen LogP contribution is 2.26. The Balaban J connectivity index is 1.72. The van der Waals surface area contributed by atoms with E-state index in [2.05, 4.69) is 16.4 Å². The number of nitrogens with one attached hydrogen (secondary N) is 2. The molecule has 3 rings (SSSR count). The highest BCUT2D eigenvalue weighted by molar-refractivity contribution is 5.31. The molecule has 1 unspecified atom stereocenters. The van der Waals surface area contributed by atoms with E-state index in [0.29, 0.717) is 6.10 Å². The van der Waals surface area contributed by atoms with Crippen LogP contribution in [0.25, 0.3) is 0 Å². The summed E-state index contributed by atoms with van der Waals surface area (Å²) in [4.78, 5) is 3.41. The van der Waals surface area contributed by atoms with Crippen LogP contribution in [0.5, 0.6) is 5.88 Å². The largest absolute Gasteiger partial charge is 0.474 e. The minimum Gasteiger partial charge on any atom is -0.474 e. The first-order valence-corrected chi connectivity index (χ1v) is 6.00. The number of H-pyrrole nitrogens is 1. The zero-order valence-corrected chi connectivity index (χ0v) is 9.01. The van der Waals surface area contributed by atoms with Crippen LogP contribution in [0, 0.1) is 0 Å². The Morgan fingerprint density at radius 2 is 2.20 bits per heavy atom. The number of hydrogen-bond donors (Lipinski definition) is 2. The zero-order valence-electron chi connectivity index (χ0n) is 9.01. The van der Waals surface area contributed by atoms with Crippen molar-refractivity contribution in [2.24, 2.45) is 0 Å². The molecule has 2 aliphatic rings. The molecule has 0 bridgehead atoms. The van der Waals surface area contributed by atoms with E-state index in [4.69, 9.17) is 4.74 Å². The van der Waals surface area contributed by atoms with Gasteiger partial charge in [0.05, 0.1) is 0 Å². The summed E-state index contributed by atoms with van der Waals surface area (Å²) in [7, 11) is 0. The van der Waals surface area contributed by atoms with Crippen LogP contribution in [0.1, 0.15) is 30.5 Å². The molecule has 1 saturated heterocycles. The van der Waals surface area contributed by atoms with E-state index in [1.165, 1.54) is 36.9 Å². The Kier molecular flexibility index (Phi) is 2.41. The molecule has 2 heterocycles. The maximum absolute atomic E-state index is 5.91. The molecule has 0 saturated carbocycles. The van der Waals surface area contributed by atoms with Gasteiger partial charge in [-0.15, -0.1) is 0 Å². The van der Waals surface area contributed by atoms with Gasteiger partial charge < -0.3 is 15.0 Å². The second kappa shape index (κ2) is 3.89. The maximum atomic E-state index is 5.91. The fourth-order valence-electron chi connectivity index (χ4n) is 2.55. The van der Waals surface area contributed by atoms with Crippen LogP contribution in [0.3, 0.4) is 0 Å². The summed E-state index contributed by atoms with van der Waals surface area (Å²) in [6, 6.07) is 2.20. The molecule has 0 spiro atoms. The van der Waals surface area contributed by atoms with Crippen LogP contribution in [0.15, 0.2) is 6.07 Å². The lowest BCUT2D eigenvalue weighted by Gasteiger charge is -2.10. The fourth-order valence-corrected chi connectivity index (χ4v) is 2.55. The molecule has 0 radical (unpaired) electrons. The van der Waals surface area contributed by atoms with E-state index >= 15 is 0 Å². The van der Waals surface area contributed by atoms with Gasteiger partial charge in [-0.25, -0.2) is 0 Å². The number of fused-ring (bicyclic) bond motifs is 1. The third-order valence-corrected chi connectivity index (χ3v) is 3.40. The molecule has 1 atom stereocenters. The molecule has 1 aliphatic heterocycles. The standard InChI is InChI=1S/C12H18N2O/c1-2-4-11-9(3-1)7-12(14-11)15-10-5-6-13-8-10/h7,10,13-14H,1-6,8H2. The molecular weight excluding hydrogens is 188 g/mol. The number of ether oxygens (including phenoxy) is 1. The van der Waals surface area contributed by atoms with Crippen molar-refractivity contribution < 1.29 is 4.74 Å². The molecule has 15 heavy (non-hydrogen) atoms. The Morgan fingerprint density at radius 1 is 1.27 bits per heavy atom. The molecule has 0 amide bonds. The smallest absolute Gasteiger partial charge is 0.191 e. The van der Waals surface area contributed by atoms with E-state index in [9.17, 15) is 0 Å². The van der Waals surface area contributed by atoms with Crippen LogP contribution in [0.4, 0.5) is 0 Å². The zero-order chi connectivity index (χ0) is 10.1. The van der Waals surface area contributed by atoms with Gasteiger partial charge in [-0.3, -0.25) is 0 Å². The predicted octanol–water partition coefficient (Wildman–Crippen LogP) is 1.63. The number of aromatic nitrogens is 1. The molecule has 1 aliphatic carbocycles. The van der Waals surface area contributed by atoms with Gasteiger partial charge in [0.2, 0.25) is 0 Å². The SMILES string of the molecule is c1c(OC2CCNC2)[nH]c2c1CCCC2. The van der Waals surface area contributed by atoms with E-state index in [1.54, 1.807) is 0 Å². The van der Waals surface area contributed by atoms with Gasteiger partial charge in [0, 0.05) is 18.3 Å². The van der Waals surface area contributed by atoms with Gasteiger partial charge in [-0.2, -0.15) is 0 Å². The minimum atomic E-state index is 0.366. The number of aromatic amines is 1. The molecule has 3 heteroatoms. The van der Waals surface area contributed by atoms with Crippen molar-refractivity contribution in [1.29, 1.82) is 0 Å². The lowest BCUT2D eigenvalue weighted by molar-refractivity contribution is 0.215. The van der Waals surface area contributed by atoms with Crippen molar-refractivity contribution in [3.8, 4) is 5.88 Å². The molecule has 0 aromatic carbocycles. The first-order chi connectivity index (χ1) is 7.42. The van der Waals surface area contributed by atoms with E-state index < -0.39 is 0 Å². The summed E-state index contributed by atoms with van der Waals surface area (Å²) in [5.74, 6) is 0.982. The molecule has 1 fully saturated rings. The first kappa shape index (κ1) is 9.28. The van der Waals surface area contributed by atoms with Crippen molar-refractivity contribution in [3.63, 3.8) is 0 Å². The second-order valence-electron chi connectivity index (χ2n) is 4.58. The average molecular weight is 206 g/mol. The summed E-state index contributed by atoms with van der Waals surface area (Å²) in [5.41, 5.74) is 2.88. The fraction of sp³-hybridized carbons (Fsp3) is 0.667. The second-order valence-corrected chi connectivity index (χ2v) is 4.58. The van der Waals surface area contributed by atoms with Gasteiger partial charge in [0.1, 0.15) is 6.10 Å². The topological polar surface area (TPSA) is 37.0 Å². The molecule has 82 valence electrons. The first-order valence-electron chi connectivity index (χ1n) is 6.00. The van der Waals surface area contributed by atoms with Crippen molar-refractivity contribution in [2.45, 2.75) is 38.2 Å². The summed E-state index contributed by atoms with van der Waals surface area (Å²) in [5, 5.41) is 3.32. The van der Waals surface area contributed by atoms with E-state index in [1.807, 2.05) is 0 Å². The Bertz CT molecular complexity index is 316. The van der Waals surface area contributed by atoms with Gasteiger partial charge in [-0.05, 0) is 44.2 Å². The van der Waals surface area contributed by atoms with Crippen LogP contribution in [-0.4, -0.2) is 24.2 Å². The summed E-state index contributed by atoms with van der Waals surface area (Å²) >= 11 is 0. The molecular formula is C12H18N2O. The summed E-state index contributed by atoms with van der Waals surface area (Å²) in [6.07, 6.45) is 6.56. The molecule has 3 nitrogen and oxygen atoms in total. The molecule has 2 N–H and O–H groups in total. The third-order valence-electron chi connectivity index (χ3n) is 3.40. The molecule has 1 aromatic rings. The predicted molar refractivity (Wildman–Crippen MR) is 59.3 cm³/mol. The van der Waals surface area contributed by atoms with Crippen LogP contribution >= 0.6 is 0 Å². The monoisotopic (exact) mass is 206 g/mol. The van der Waals surface area contributed by atoms with Crippen LogP contribution in [0.2, 0.25) is 0 Å².